The van der Waals surface area contributed by atoms with Gasteiger partial charge < -0.3 is 5.32 Å². The Morgan fingerprint density at radius 1 is 1.18 bits per heavy atom. The number of anilines is 1. The number of hydrogen-bond donors (Lipinski definition) is 1. The van der Waals surface area contributed by atoms with E-state index in [4.69, 9.17) is 11.6 Å². The van der Waals surface area contributed by atoms with Crippen LogP contribution in [0.25, 0.3) is 0 Å². The molecule has 1 aromatic heterocycles. The molecule has 112 valence electrons. The van der Waals surface area contributed by atoms with E-state index in [0.717, 1.165) is 10.5 Å². The normalized spacial score (nSPS) is 21.1. The second-order valence-corrected chi connectivity index (χ2v) is 5.74. The monoisotopic (exact) mass is 315 g/mol. The molecular weight excluding hydrogens is 302 g/mol. The van der Waals surface area contributed by atoms with E-state index in [0.29, 0.717) is 12.1 Å². The van der Waals surface area contributed by atoms with Crippen molar-refractivity contribution < 1.29 is 9.59 Å². The molecule has 1 aliphatic heterocycles. The summed E-state index contributed by atoms with van der Waals surface area (Å²) in [6, 6.07) is 12.3. The molecule has 0 saturated carbocycles. The smallest absolute Gasteiger partial charge is 0.323 e. The van der Waals surface area contributed by atoms with Crippen molar-refractivity contribution in [1.82, 2.24) is 10.3 Å². The summed E-state index contributed by atoms with van der Waals surface area (Å²) in [5.41, 5.74) is 0.263. The van der Waals surface area contributed by atoms with Gasteiger partial charge in [-0.05, 0) is 24.6 Å². The third kappa shape index (κ3) is 2.44. The van der Waals surface area contributed by atoms with Crippen molar-refractivity contribution in [2.24, 2.45) is 0 Å². The first-order chi connectivity index (χ1) is 10.5. The summed E-state index contributed by atoms with van der Waals surface area (Å²) in [5.74, 6) is -0.337. The topological polar surface area (TPSA) is 62.3 Å². The van der Waals surface area contributed by atoms with Crippen LogP contribution in [0.4, 0.5) is 10.5 Å². The molecule has 22 heavy (non-hydrogen) atoms. The van der Waals surface area contributed by atoms with Gasteiger partial charge in [-0.1, -0.05) is 41.9 Å². The fourth-order valence-corrected chi connectivity index (χ4v) is 2.78. The van der Waals surface area contributed by atoms with Crippen LogP contribution in [-0.4, -0.2) is 22.5 Å². The quantitative estimate of drug-likeness (QED) is 0.700. The van der Waals surface area contributed by atoms with Gasteiger partial charge in [0.15, 0.2) is 5.15 Å². The number of imide groups is 1. The molecular formula is C16H14ClN3O2. The van der Waals surface area contributed by atoms with Crippen LogP contribution in [0, 0.1) is 0 Å². The van der Waals surface area contributed by atoms with Gasteiger partial charge in [0.25, 0.3) is 5.91 Å². The highest BCUT2D eigenvalue weighted by Gasteiger charge is 2.49. The summed E-state index contributed by atoms with van der Waals surface area (Å²) in [7, 11) is 0. The van der Waals surface area contributed by atoms with E-state index >= 15 is 0 Å². The Hall–Kier alpha value is -2.40. The molecule has 3 rings (SSSR count). The average molecular weight is 316 g/mol. The molecule has 1 N–H and O–H groups in total. The zero-order valence-electron chi connectivity index (χ0n) is 11.9. The number of carbonyl (C=O) groups excluding carboxylic acids is 2. The van der Waals surface area contributed by atoms with Gasteiger partial charge in [-0.2, -0.15) is 0 Å². The van der Waals surface area contributed by atoms with Crippen molar-refractivity contribution in [2.45, 2.75) is 18.9 Å². The van der Waals surface area contributed by atoms with Crippen molar-refractivity contribution in [3.8, 4) is 0 Å². The molecule has 5 nitrogen and oxygen atoms in total. The lowest BCUT2D eigenvalue weighted by atomic mass is 9.93. The average Bonchev–Trinajstić information content (AvgIpc) is 2.71. The minimum atomic E-state index is -1.00. The maximum Gasteiger partial charge on any atom is 0.329 e. The number of nitrogens with zero attached hydrogens (tertiary/aromatic N) is 2. The highest BCUT2D eigenvalue weighted by Crippen LogP contribution is 2.30. The third-order valence-corrected chi connectivity index (χ3v) is 3.93. The summed E-state index contributed by atoms with van der Waals surface area (Å²) >= 11 is 6.00. The largest absolute Gasteiger partial charge is 0.329 e. The van der Waals surface area contributed by atoms with Gasteiger partial charge in [0.05, 0.1) is 5.69 Å². The Morgan fingerprint density at radius 2 is 1.91 bits per heavy atom. The second kappa shape index (κ2) is 5.42. The maximum absolute atomic E-state index is 12.8. The SMILES string of the molecule is C[C@@]1(Cc2ccccc2)NC(=O)N(c2cccnc2Cl)C1=O. The Bertz CT molecular complexity index is 735. The van der Waals surface area contributed by atoms with Crippen LogP contribution < -0.4 is 10.2 Å². The van der Waals surface area contributed by atoms with E-state index in [1.165, 1.54) is 6.20 Å². The number of aromatic nitrogens is 1. The summed E-state index contributed by atoms with van der Waals surface area (Å²) in [5, 5.41) is 2.88. The van der Waals surface area contributed by atoms with Gasteiger partial charge in [0, 0.05) is 12.6 Å². The molecule has 0 spiro atoms. The zero-order valence-corrected chi connectivity index (χ0v) is 12.7. The van der Waals surface area contributed by atoms with Crippen molar-refractivity contribution >= 4 is 29.2 Å². The molecule has 6 heteroatoms. The fourth-order valence-electron chi connectivity index (χ4n) is 2.57. The minimum absolute atomic E-state index is 0.120. The van der Waals surface area contributed by atoms with E-state index in [2.05, 4.69) is 10.3 Å². The number of carbonyl (C=O) groups is 2. The van der Waals surface area contributed by atoms with Crippen molar-refractivity contribution in [3.63, 3.8) is 0 Å². The summed E-state index contributed by atoms with van der Waals surface area (Å²) < 4.78 is 0. The molecule has 1 atom stereocenters. The number of halogens is 1. The Balaban J connectivity index is 1.93. The van der Waals surface area contributed by atoms with Gasteiger partial charge in [-0.15, -0.1) is 0 Å². The molecule has 0 radical (unpaired) electrons. The number of hydrogen-bond acceptors (Lipinski definition) is 3. The zero-order chi connectivity index (χ0) is 15.7. The minimum Gasteiger partial charge on any atom is -0.323 e. The number of urea groups is 1. The van der Waals surface area contributed by atoms with E-state index in [1.54, 1.807) is 19.1 Å². The summed E-state index contributed by atoms with van der Waals surface area (Å²) in [4.78, 5) is 30.0. The van der Waals surface area contributed by atoms with Gasteiger partial charge in [-0.3, -0.25) is 4.79 Å². The lowest BCUT2D eigenvalue weighted by molar-refractivity contribution is -0.121. The number of amides is 3. The van der Waals surface area contributed by atoms with Gasteiger partial charge >= 0.3 is 6.03 Å². The van der Waals surface area contributed by atoms with Crippen molar-refractivity contribution in [2.75, 3.05) is 4.90 Å². The molecule has 1 aromatic carbocycles. The first-order valence-corrected chi connectivity index (χ1v) is 7.20. The van der Waals surface area contributed by atoms with Crippen LogP contribution in [0.1, 0.15) is 12.5 Å². The van der Waals surface area contributed by atoms with E-state index < -0.39 is 11.6 Å². The van der Waals surface area contributed by atoms with Crippen LogP contribution in [0.5, 0.6) is 0 Å². The van der Waals surface area contributed by atoms with E-state index in [-0.39, 0.29) is 11.1 Å². The molecule has 1 aliphatic rings. The predicted octanol–water partition coefficient (Wildman–Crippen LogP) is 2.79. The Labute approximate surface area is 132 Å². The van der Waals surface area contributed by atoms with E-state index in [9.17, 15) is 9.59 Å². The first-order valence-electron chi connectivity index (χ1n) is 6.82. The summed E-state index contributed by atoms with van der Waals surface area (Å²) in [6.07, 6.45) is 1.92. The van der Waals surface area contributed by atoms with Gasteiger partial charge in [0.1, 0.15) is 5.54 Å². The lowest BCUT2D eigenvalue weighted by Gasteiger charge is -2.21. The van der Waals surface area contributed by atoms with Gasteiger partial charge in [-0.25, -0.2) is 14.7 Å². The first kappa shape index (κ1) is 14.5. The Kier molecular flexibility index (Phi) is 3.58. The number of benzene rings is 1. The highest BCUT2D eigenvalue weighted by atomic mass is 35.5. The van der Waals surface area contributed by atoms with Crippen LogP contribution >= 0.6 is 11.6 Å². The number of pyridine rings is 1. The Morgan fingerprint density at radius 3 is 2.59 bits per heavy atom. The fraction of sp³-hybridized carbons (Fsp3) is 0.188. The molecule has 0 bridgehead atoms. The van der Waals surface area contributed by atoms with Crippen LogP contribution in [0.15, 0.2) is 48.7 Å². The van der Waals surface area contributed by atoms with E-state index in [1.807, 2.05) is 30.3 Å². The molecule has 1 fully saturated rings. The highest BCUT2D eigenvalue weighted by molar-refractivity contribution is 6.35. The molecule has 3 amide bonds. The molecule has 1 saturated heterocycles. The number of rotatable bonds is 3. The van der Waals surface area contributed by atoms with Crippen molar-refractivity contribution in [1.29, 1.82) is 0 Å². The van der Waals surface area contributed by atoms with Crippen LogP contribution in [0.2, 0.25) is 5.15 Å². The van der Waals surface area contributed by atoms with Crippen LogP contribution in [0.3, 0.4) is 0 Å². The van der Waals surface area contributed by atoms with Gasteiger partial charge in [0.2, 0.25) is 0 Å². The standard InChI is InChI=1S/C16H14ClN3O2/c1-16(10-11-6-3-2-4-7-11)14(21)20(15(22)19-16)12-8-5-9-18-13(12)17/h2-9H,10H2,1H3,(H,19,22)/t16-/m0/s1. The number of nitrogens with one attached hydrogen (secondary N) is 1. The molecule has 0 aliphatic carbocycles. The molecule has 2 aromatic rings. The lowest BCUT2D eigenvalue weighted by Crippen LogP contribution is -2.46. The molecule has 2 heterocycles. The molecule has 0 unspecified atom stereocenters. The summed E-state index contributed by atoms with van der Waals surface area (Å²) in [6.45, 7) is 1.71. The third-order valence-electron chi connectivity index (χ3n) is 3.64. The van der Waals surface area contributed by atoms with Crippen molar-refractivity contribution in [3.05, 3.63) is 59.4 Å². The second-order valence-electron chi connectivity index (χ2n) is 5.38. The van der Waals surface area contributed by atoms with Crippen LogP contribution in [-0.2, 0) is 11.2 Å². The predicted molar refractivity (Wildman–Crippen MR) is 83.8 cm³/mol. The maximum atomic E-state index is 12.8.